The van der Waals surface area contributed by atoms with Crippen LogP contribution in [0, 0.1) is 17.1 Å². The molecule has 0 saturated carbocycles. The van der Waals surface area contributed by atoms with Crippen molar-refractivity contribution in [2.75, 3.05) is 0 Å². The summed E-state index contributed by atoms with van der Waals surface area (Å²) in [4.78, 5) is 0. The molecule has 2 aromatic carbocycles. The van der Waals surface area contributed by atoms with Crippen molar-refractivity contribution >= 4 is 21.5 Å². The molecule has 0 unspecified atom stereocenters. The van der Waals surface area contributed by atoms with Gasteiger partial charge in [-0.2, -0.15) is 5.26 Å². The fourth-order valence-electron chi connectivity index (χ4n) is 2.51. The van der Waals surface area contributed by atoms with Crippen molar-refractivity contribution in [3.8, 4) is 11.8 Å². The maximum absolute atomic E-state index is 13.6. The van der Waals surface area contributed by atoms with Crippen molar-refractivity contribution in [2.24, 2.45) is 0 Å². The minimum atomic E-state index is -0.346. The molecule has 104 valence electrons. The first-order valence-electron chi connectivity index (χ1n) is 6.42. The van der Waals surface area contributed by atoms with Crippen molar-refractivity contribution in [3.63, 3.8) is 0 Å². The first-order valence-corrected chi connectivity index (χ1v) is 7.22. The van der Waals surface area contributed by atoms with E-state index in [1.54, 1.807) is 13.0 Å². The largest absolute Gasteiger partial charge is 0.488 e. The van der Waals surface area contributed by atoms with Gasteiger partial charge in [-0.3, -0.25) is 0 Å². The third-order valence-electron chi connectivity index (χ3n) is 3.47. The number of rotatable bonds is 0. The van der Waals surface area contributed by atoms with Crippen molar-refractivity contribution in [1.82, 2.24) is 0 Å². The molecule has 1 aliphatic rings. The highest BCUT2D eigenvalue weighted by molar-refractivity contribution is 9.10. The van der Waals surface area contributed by atoms with E-state index in [0.29, 0.717) is 23.5 Å². The van der Waals surface area contributed by atoms with Crippen molar-refractivity contribution in [1.29, 1.82) is 5.26 Å². The van der Waals surface area contributed by atoms with Gasteiger partial charge in [-0.15, -0.1) is 0 Å². The second-order valence-electron chi connectivity index (χ2n) is 4.84. The Balaban J connectivity index is 2.36. The van der Waals surface area contributed by atoms with E-state index in [4.69, 9.17) is 4.74 Å². The molecule has 0 fully saturated rings. The molecule has 2 aromatic rings. The predicted molar refractivity (Wildman–Crippen MR) is 82.2 cm³/mol. The van der Waals surface area contributed by atoms with Crippen LogP contribution >= 0.6 is 15.9 Å². The van der Waals surface area contributed by atoms with Gasteiger partial charge in [0.1, 0.15) is 18.2 Å². The van der Waals surface area contributed by atoms with E-state index in [1.165, 1.54) is 12.1 Å². The summed E-state index contributed by atoms with van der Waals surface area (Å²) in [7, 11) is 0. The Morgan fingerprint density at radius 1 is 1.24 bits per heavy atom. The van der Waals surface area contributed by atoms with Crippen LogP contribution in [0.3, 0.4) is 0 Å². The molecule has 1 aliphatic heterocycles. The summed E-state index contributed by atoms with van der Waals surface area (Å²) in [5.41, 5.74) is 3.75. The lowest BCUT2D eigenvalue weighted by Crippen LogP contribution is -1.96. The van der Waals surface area contributed by atoms with E-state index in [0.717, 1.165) is 21.2 Å². The molecule has 0 saturated heterocycles. The Bertz CT molecular complexity index is 805. The lowest BCUT2D eigenvalue weighted by molar-refractivity contribution is 0.306. The first-order chi connectivity index (χ1) is 10.1. The van der Waals surface area contributed by atoms with Crippen LogP contribution in [-0.4, -0.2) is 0 Å². The normalized spacial score (nSPS) is 15.1. The van der Waals surface area contributed by atoms with E-state index in [2.05, 4.69) is 22.0 Å². The molecule has 0 aromatic heterocycles. The summed E-state index contributed by atoms with van der Waals surface area (Å²) in [5, 5.41) is 9.30. The van der Waals surface area contributed by atoms with Crippen LogP contribution in [0.1, 0.15) is 23.6 Å². The van der Waals surface area contributed by atoms with Crippen molar-refractivity contribution < 1.29 is 9.13 Å². The highest BCUT2D eigenvalue weighted by atomic mass is 79.9. The van der Waals surface area contributed by atoms with Crippen LogP contribution in [-0.2, 0) is 6.61 Å². The van der Waals surface area contributed by atoms with Crippen molar-refractivity contribution in [3.05, 3.63) is 69.0 Å². The molecule has 0 amide bonds. The molecule has 2 nitrogen and oxygen atoms in total. The van der Waals surface area contributed by atoms with Gasteiger partial charge in [0.2, 0.25) is 0 Å². The fraction of sp³-hybridized carbons (Fsp3) is 0.118. The quantitative estimate of drug-likeness (QED) is 0.642. The van der Waals surface area contributed by atoms with Gasteiger partial charge in [-0.05, 0) is 48.4 Å². The number of nitriles is 1. The van der Waals surface area contributed by atoms with Crippen LogP contribution < -0.4 is 4.74 Å². The lowest BCUT2D eigenvalue weighted by Gasteiger charge is -2.11. The van der Waals surface area contributed by atoms with Gasteiger partial charge < -0.3 is 4.74 Å². The molecule has 0 atom stereocenters. The highest BCUT2D eigenvalue weighted by Gasteiger charge is 2.22. The van der Waals surface area contributed by atoms with Crippen LogP contribution in [0.2, 0.25) is 0 Å². The zero-order valence-electron chi connectivity index (χ0n) is 11.3. The van der Waals surface area contributed by atoms with Gasteiger partial charge in [-0.1, -0.05) is 22.0 Å². The summed E-state index contributed by atoms with van der Waals surface area (Å²) in [5.74, 6) is 0.245. The Morgan fingerprint density at radius 2 is 2.05 bits per heavy atom. The van der Waals surface area contributed by atoms with Crippen LogP contribution in [0.4, 0.5) is 4.39 Å². The van der Waals surface area contributed by atoms with Crippen LogP contribution in [0.5, 0.6) is 5.75 Å². The van der Waals surface area contributed by atoms with Gasteiger partial charge in [-0.25, -0.2) is 4.39 Å². The zero-order chi connectivity index (χ0) is 15.0. The molecule has 1 heterocycles. The smallest absolute Gasteiger partial charge is 0.127 e. The summed E-state index contributed by atoms with van der Waals surface area (Å²) < 4.78 is 20.4. The zero-order valence-corrected chi connectivity index (χ0v) is 12.9. The fourth-order valence-corrected chi connectivity index (χ4v) is 2.92. The van der Waals surface area contributed by atoms with E-state index in [-0.39, 0.29) is 5.82 Å². The van der Waals surface area contributed by atoms with Crippen molar-refractivity contribution in [2.45, 2.75) is 13.5 Å². The topological polar surface area (TPSA) is 33.0 Å². The standard InChI is InChI=1S/C17H11BrFNO/c1-10(8-20)17-14-4-2-12(18)6-11(14)9-21-16-5-3-13(19)7-15(16)17/h2-7H,9H2,1H3/b17-10-. The number of nitrogens with zero attached hydrogens (tertiary/aromatic N) is 1. The average molecular weight is 344 g/mol. The number of benzene rings is 2. The second-order valence-corrected chi connectivity index (χ2v) is 5.76. The summed E-state index contributed by atoms with van der Waals surface area (Å²) >= 11 is 3.44. The Kier molecular flexibility index (Phi) is 3.52. The molecule has 4 heteroatoms. The number of fused-ring (bicyclic) bond motifs is 2. The van der Waals surface area contributed by atoms with E-state index in [1.807, 2.05) is 18.2 Å². The minimum Gasteiger partial charge on any atom is -0.488 e. The Hall–Kier alpha value is -2.12. The molecular formula is C17H11BrFNO. The number of halogens is 2. The molecule has 0 radical (unpaired) electrons. The van der Waals surface area contributed by atoms with Gasteiger partial charge in [0.25, 0.3) is 0 Å². The number of allylic oxidation sites excluding steroid dienone is 1. The van der Waals surface area contributed by atoms with Gasteiger partial charge >= 0.3 is 0 Å². The minimum absolute atomic E-state index is 0.346. The number of hydrogen-bond donors (Lipinski definition) is 0. The summed E-state index contributed by atoms with van der Waals surface area (Å²) in [6.45, 7) is 2.12. The SMILES string of the molecule is C/C(C#N)=C1\c2ccc(Br)cc2COc2ccc(F)cc21. The lowest BCUT2D eigenvalue weighted by atomic mass is 9.91. The predicted octanol–water partition coefficient (Wildman–Crippen LogP) is 4.83. The first kappa shape index (κ1) is 13.8. The molecule has 3 rings (SSSR count). The van der Waals surface area contributed by atoms with Crippen LogP contribution in [0.25, 0.3) is 5.57 Å². The second kappa shape index (κ2) is 5.34. The molecule has 0 spiro atoms. The summed E-state index contributed by atoms with van der Waals surface area (Å²) in [6.07, 6.45) is 0. The molecule has 0 N–H and O–H groups in total. The van der Waals surface area contributed by atoms with E-state index in [9.17, 15) is 9.65 Å². The molecule has 0 bridgehead atoms. The van der Waals surface area contributed by atoms with Gasteiger partial charge in [0, 0.05) is 21.2 Å². The molecular weight excluding hydrogens is 333 g/mol. The molecule has 21 heavy (non-hydrogen) atoms. The number of ether oxygens (including phenoxy) is 1. The monoisotopic (exact) mass is 343 g/mol. The highest BCUT2D eigenvalue weighted by Crippen LogP contribution is 2.39. The third-order valence-corrected chi connectivity index (χ3v) is 3.97. The maximum atomic E-state index is 13.6. The number of hydrogen-bond acceptors (Lipinski definition) is 2. The average Bonchev–Trinajstić information content (AvgIpc) is 2.62. The van der Waals surface area contributed by atoms with Gasteiger partial charge in [0.05, 0.1) is 6.07 Å². The van der Waals surface area contributed by atoms with E-state index < -0.39 is 0 Å². The Morgan fingerprint density at radius 3 is 2.81 bits per heavy atom. The third kappa shape index (κ3) is 2.45. The Labute approximate surface area is 130 Å². The molecule has 0 aliphatic carbocycles. The summed E-state index contributed by atoms with van der Waals surface area (Å²) in [6, 6.07) is 12.4. The van der Waals surface area contributed by atoms with E-state index >= 15 is 0 Å². The van der Waals surface area contributed by atoms with Crippen LogP contribution in [0.15, 0.2) is 46.4 Å². The van der Waals surface area contributed by atoms with Gasteiger partial charge in [0.15, 0.2) is 0 Å². The maximum Gasteiger partial charge on any atom is 0.127 e.